The van der Waals surface area contributed by atoms with E-state index in [4.69, 9.17) is 4.74 Å². The molecule has 1 saturated heterocycles. The smallest absolute Gasteiger partial charge is 0.0599 e. The molecule has 1 aromatic rings. The molecule has 0 unspecified atom stereocenters. The van der Waals surface area contributed by atoms with E-state index >= 15 is 0 Å². The number of halogens is 1. The first kappa shape index (κ1) is 16.0. The molecule has 1 aliphatic rings. The number of nitrogens with one attached hydrogen (secondary N) is 1. The quantitative estimate of drug-likeness (QED) is 0.772. The average Bonchev–Trinajstić information content (AvgIpc) is 2.47. The van der Waals surface area contributed by atoms with E-state index in [-0.39, 0.29) is 0 Å². The van der Waals surface area contributed by atoms with E-state index in [2.05, 4.69) is 57.5 Å². The van der Waals surface area contributed by atoms with Crippen LogP contribution in [-0.4, -0.2) is 44.3 Å². The van der Waals surface area contributed by atoms with Gasteiger partial charge in [-0.25, -0.2) is 0 Å². The van der Waals surface area contributed by atoms with E-state index in [0.29, 0.717) is 6.10 Å². The van der Waals surface area contributed by atoms with E-state index in [1.807, 2.05) is 0 Å². The number of hydrogen-bond acceptors (Lipinski definition) is 3. The fourth-order valence-electron chi connectivity index (χ4n) is 2.53. The van der Waals surface area contributed by atoms with Crippen molar-refractivity contribution in [2.75, 3.05) is 33.3 Å². The molecule has 20 heavy (non-hydrogen) atoms. The minimum Gasteiger partial charge on any atom is -0.378 e. The first-order valence-electron chi connectivity index (χ1n) is 7.49. The number of piperidine rings is 1. The van der Waals surface area contributed by atoms with Gasteiger partial charge in [0.25, 0.3) is 0 Å². The normalized spacial score (nSPS) is 16.8. The Morgan fingerprint density at radius 1 is 1.25 bits per heavy atom. The Balaban J connectivity index is 1.57. The summed E-state index contributed by atoms with van der Waals surface area (Å²) in [6, 6.07) is 8.55. The Kier molecular flexibility index (Phi) is 7.00. The van der Waals surface area contributed by atoms with Gasteiger partial charge in [-0.15, -0.1) is 0 Å². The van der Waals surface area contributed by atoms with Gasteiger partial charge in [0.15, 0.2) is 0 Å². The second-order valence-corrected chi connectivity index (χ2v) is 6.45. The van der Waals surface area contributed by atoms with E-state index in [9.17, 15) is 0 Å². The zero-order valence-corrected chi connectivity index (χ0v) is 13.9. The van der Waals surface area contributed by atoms with Gasteiger partial charge < -0.3 is 15.0 Å². The summed E-state index contributed by atoms with van der Waals surface area (Å²) in [5.41, 5.74) is 1.36. The molecule has 0 aliphatic carbocycles. The van der Waals surface area contributed by atoms with Crippen molar-refractivity contribution in [2.45, 2.75) is 31.9 Å². The first-order chi connectivity index (χ1) is 9.74. The van der Waals surface area contributed by atoms with Crippen LogP contribution in [0.15, 0.2) is 28.7 Å². The average molecular weight is 341 g/mol. The minimum atomic E-state index is 0.480. The molecule has 1 N–H and O–H groups in total. The molecular weight excluding hydrogens is 316 g/mol. The molecule has 0 atom stereocenters. The highest BCUT2D eigenvalue weighted by Crippen LogP contribution is 2.12. The monoisotopic (exact) mass is 340 g/mol. The Morgan fingerprint density at radius 2 is 1.95 bits per heavy atom. The second-order valence-electron chi connectivity index (χ2n) is 5.54. The van der Waals surface area contributed by atoms with Crippen LogP contribution in [0.2, 0.25) is 0 Å². The van der Waals surface area contributed by atoms with Crippen LogP contribution >= 0.6 is 15.9 Å². The molecule has 0 aromatic heterocycles. The van der Waals surface area contributed by atoms with Crippen LogP contribution < -0.4 is 5.32 Å². The number of hydrogen-bond donors (Lipinski definition) is 1. The van der Waals surface area contributed by atoms with Gasteiger partial charge in [-0.05, 0) is 57.1 Å². The van der Waals surface area contributed by atoms with Crippen molar-refractivity contribution in [1.29, 1.82) is 0 Å². The maximum absolute atomic E-state index is 5.93. The lowest BCUT2D eigenvalue weighted by molar-refractivity contribution is 0.0284. The van der Waals surface area contributed by atoms with Crippen molar-refractivity contribution in [3.05, 3.63) is 34.3 Å². The van der Waals surface area contributed by atoms with Gasteiger partial charge in [0.05, 0.1) is 6.10 Å². The van der Waals surface area contributed by atoms with Crippen molar-refractivity contribution in [2.24, 2.45) is 0 Å². The van der Waals surface area contributed by atoms with E-state index in [1.165, 1.54) is 5.56 Å². The van der Waals surface area contributed by atoms with Gasteiger partial charge in [0.2, 0.25) is 0 Å². The topological polar surface area (TPSA) is 24.5 Å². The lowest BCUT2D eigenvalue weighted by Crippen LogP contribution is -2.33. The van der Waals surface area contributed by atoms with E-state index in [1.54, 1.807) is 0 Å². The van der Waals surface area contributed by atoms with Crippen molar-refractivity contribution in [3.8, 4) is 0 Å². The third-order valence-corrected chi connectivity index (χ3v) is 4.22. The van der Waals surface area contributed by atoms with Crippen LogP contribution in [0.1, 0.15) is 24.8 Å². The fraction of sp³-hybridized carbons (Fsp3) is 0.625. The van der Waals surface area contributed by atoms with Gasteiger partial charge in [-0.2, -0.15) is 0 Å². The molecular formula is C16H25BrN2O. The van der Waals surface area contributed by atoms with E-state index < -0.39 is 0 Å². The Bertz CT molecular complexity index is 377. The van der Waals surface area contributed by atoms with E-state index in [0.717, 1.165) is 56.5 Å². The highest BCUT2D eigenvalue weighted by Gasteiger charge is 2.12. The summed E-state index contributed by atoms with van der Waals surface area (Å²) in [7, 11) is 2.17. The van der Waals surface area contributed by atoms with Gasteiger partial charge in [0, 0.05) is 24.2 Å². The molecule has 0 spiro atoms. The molecule has 3 nitrogen and oxygen atoms in total. The molecule has 0 saturated carbocycles. The van der Waals surface area contributed by atoms with Gasteiger partial charge in [-0.1, -0.05) is 28.1 Å². The zero-order valence-electron chi connectivity index (χ0n) is 12.3. The third-order valence-electron chi connectivity index (χ3n) is 3.69. The van der Waals surface area contributed by atoms with Crippen LogP contribution in [0, 0.1) is 0 Å². The van der Waals surface area contributed by atoms with Crippen molar-refractivity contribution in [3.63, 3.8) is 0 Å². The maximum atomic E-state index is 5.93. The second kappa shape index (κ2) is 8.78. The van der Waals surface area contributed by atoms with Crippen LogP contribution in [0.4, 0.5) is 0 Å². The van der Waals surface area contributed by atoms with Gasteiger partial charge in [0.1, 0.15) is 0 Å². The predicted octanol–water partition coefficient (Wildman–Crippen LogP) is 3.04. The van der Waals surface area contributed by atoms with Crippen LogP contribution in [0.3, 0.4) is 0 Å². The van der Waals surface area contributed by atoms with Crippen LogP contribution in [-0.2, 0) is 11.3 Å². The van der Waals surface area contributed by atoms with Crippen LogP contribution in [0.25, 0.3) is 0 Å². The molecule has 112 valence electrons. The molecule has 0 radical (unpaired) electrons. The Hall–Kier alpha value is -0.420. The summed E-state index contributed by atoms with van der Waals surface area (Å²) in [5.74, 6) is 0. The van der Waals surface area contributed by atoms with Gasteiger partial charge in [-0.3, -0.25) is 0 Å². The summed E-state index contributed by atoms with van der Waals surface area (Å²) in [4.78, 5) is 2.36. The number of nitrogens with zero attached hydrogens (tertiary/aromatic N) is 1. The maximum Gasteiger partial charge on any atom is 0.0599 e. The molecule has 1 aromatic carbocycles. The molecule has 0 bridgehead atoms. The summed E-state index contributed by atoms with van der Waals surface area (Å²) in [6.07, 6.45) is 3.91. The number of ether oxygens (including phenoxy) is 1. The summed E-state index contributed by atoms with van der Waals surface area (Å²) < 4.78 is 7.06. The lowest BCUT2D eigenvalue weighted by Gasteiger charge is -2.23. The van der Waals surface area contributed by atoms with Gasteiger partial charge >= 0.3 is 0 Å². The fourth-order valence-corrected chi connectivity index (χ4v) is 2.79. The SMILES string of the molecule is CN(CCCOC1CCNCC1)Cc1ccc(Br)cc1. The van der Waals surface area contributed by atoms with Crippen LogP contribution in [0.5, 0.6) is 0 Å². The summed E-state index contributed by atoms with van der Waals surface area (Å²) in [6.45, 7) is 5.18. The standard InChI is InChI=1S/C16H25BrN2O/c1-19(13-14-3-5-15(17)6-4-14)11-2-12-20-16-7-9-18-10-8-16/h3-6,16,18H,2,7-13H2,1H3. The van der Waals surface area contributed by atoms with Crippen molar-refractivity contribution < 1.29 is 4.74 Å². The summed E-state index contributed by atoms with van der Waals surface area (Å²) >= 11 is 3.47. The highest BCUT2D eigenvalue weighted by atomic mass is 79.9. The van der Waals surface area contributed by atoms with Crippen molar-refractivity contribution in [1.82, 2.24) is 10.2 Å². The highest BCUT2D eigenvalue weighted by molar-refractivity contribution is 9.10. The molecule has 2 rings (SSSR count). The molecule has 1 heterocycles. The molecule has 0 amide bonds. The predicted molar refractivity (Wildman–Crippen MR) is 86.9 cm³/mol. The largest absolute Gasteiger partial charge is 0.378 e. The summed E-state index contributed by atoms with van der Waals surface area (Å²) in [5, 5.41) is 3.36. The molecule has 4 heteroatoms. The Labute approximate surface area is 130 Å². The zero-order chi connectivity index (χ0) is 14.2. The molecule has 1 aliphatic heterocycles. The lowest BCUT2D eigenvalue weighted by atomic mass is 10.1. The first-order valence-corrected chi connectivity index (χ1v) is 8.28. The number of rotatable bonds is 7. The van der Waals surface area contributed by atoms with Crippen molar-refractivity contribution >= 4 is 15.9 Å². The third kappa shape index (κ3) is 5.92. The minimum absolute atomic E-state index is 0.480. The molecule has 1 fully saturated rings. The Morgan fingerprint density at radius 3 is 2.65 bits per heavy atom. The number of benzene rings is 1.